The molecule has 0 radical (unpaired) electrons. The minimum Gasteiger partial charge on any atom is -0.465 e. The molecule has 1 fully saturated rings. The molecule has 0 saturated carbocycles. The second-order valence-electron chi connectivity index (χ2n) is 6.55. The van der Waals surface area contributed by atoms with Crippen molar-refractivity contribution in [3.05, 3.63) is 23.7 Å². The van der Waals surface area contributed by atoms with E-state index in [9.17, 15) is 0 Å². The Morgan fingerprint density at radius 1 is 1.20 bits per heavy atom. The van der Waals surface area contributed by atoms with E-state index >= 15 is 0 Å². The number of rotatable bonds is 9. The molecule has 1 saturated heterocycles. The first-order chi connectivity index (χ1) is 12.2. The Balaban J connectivity index is 1.87. The molecule has 1 aliphatic heterocycles. The number of morpholine rings is 1. The summed E-state index contributed by atoms with van der Waals surface area (Å²) in [5.74, 6) is 2.81. The summed E-state index contributed by atoms with van der Waals surface area (Å²) in [5, 5.41) is 6.87. The minimum atomic E-state index is 0.191. The van der Waals surface area contributed by atoms with Crippen molar-refractivity contribution >= 4 is 5.96 Å². The van der Waals surface area contributed by atoms with E-state index in [-0.39, 0.29) is 6.04 Å². The number of aliphatic imine (C=N–C) groups is 1. The molecule has 1 unspecified atom stereocenters. The Labute approximate surface area is 152 Å². The van der Waals surface area contributed by atoms with Crippen LogP contribution in [-0.4, -0.2) is 57.3 Å². The Bertz CT molecular complexity index is 509. The van der Waals surface area contributed by atoms with E-state index < -0.39 is 0 Å². The summed E-state index contributed by atoms with van der Waals surface area (Å²) >= 11 is 0. The molecule has 0 aliphatic carbocycles. The second kappa shape index (κ2) is 11.2. The maximum Gasteiger partial charge on any atom is 0.191 e. The van der Waals surface area contributed by atoms with Crippen LogP contribution in [0.25, 0.3) is 0 Å². The van der Waals surface area contributed by atoms with Crippen molar-refractivity contribution in [1.29, 1.82) is 0 Å². The fourth-order valence-electron chi connectivity index (χ4n) is 3.10. The highest BCUT2D eigenvalue weighted by Gasteiger charge is 2.25. The summed E-state index contributed by atoms with van der Waals surface area (Å²) < 4.78 is 11.4. The van der Waals surface area contributed by atoms with Gasteiger partial charge in [0, 0.05) is 33.2 Å². The van der Waals surface area contributed by atoms with Gasteiger partial charge in [0.2, 0.25) is 0 Å². The van der Waals surface area contributed by atoms with Crippen LogP contribution in [0, 0.1) is 6.92 Å². The molecule has 2 rings (SSSR count). The number of aryl methyl sites for hydroxylation is 1. The van der Waals surface area contributed by atoms with Crippen molar-refractivity contribution in [2.24, 2.45) is 4.99 Å². The molecule has 1 aromatic heterocycles. The molecule has 1 aliphatic rings. The topological polar surface area (TPSA) is 62.0 Å². The first-order valence-corrected chi connectivity index (χ1v) is 9.57. The zero-order valence-corrected chi connectivity index (χ0v) is 16.0. The Morgan fingerprint density at radius 2 is 2.00 bits per heavy atom. The fourth-order valence-corrected chi connectivity index (χ4v) is 3.10. The molecule has 0 spiro atoms. The van der Waals surface area contributed by atoms with Crippen LogP contribution >= 0.6 is 0 Å². The van der Waals surface area contributed by atoms with Gasteiger partial charge >= 0.3 is 0 Å². The van der Waals surface area contributed by atoms with Crippen molar-refractivity contribution in [2.75, 3.05) is 46.4 Å². The number of nitrogens with zero attached hydrogens (tertiary/aromatic N) is 2. The van der Waals surface area contributed by atoms with Gasteiger partial charge in [-0.05, 0) is 25.5 Å². The molecular weight excluding hydrogens is 316 g/mol. The van der Waals surface area contributed by atoms with Gasteiger partial charge in [-0.15, -0.1) is 0 Å². The normalized spacial score (nSPS) is 17.5. The lowest BCUT2D eigenvalue weighted by atomic mass is 10.1. The Morgan fingerprint density at radius 3 is 2.64 bits per heavy atom. The average molecular weight is 351 g/mol. The monoisotopic (exact) mass is 350 g/mol. The van der Waals surface area contributed by atoms with E-state index in [0.717, 1.165) is 56.9 Å². The summed E-state index contributed by atoms with van der Waals surface area (Å²) in [4.78, 5) is 6.76. The predicted molar refractivity (Wildman–Crippen MR) is 102 cm³/mol. The molecule has 0 amide bonds. The molecule has 1 atom stereocenters. The van der Waals surface area contributed by atoms with Gasteiger partial charge in [0.1, 0.15) is 11.5 Å². The van der Waals surface area contributed by atoms with E-state index in [0.29, 0.717) is 0 Å². The van der Waals surface area contributed by atoms with Crippen molar-refractivity contribution in [1.82, 2.24) is 15.5 Å². The van der Waals surface area contributed by atoms with Crippen LogP contribution in [0.2, 0.25) is 0 Å². The van der Waals surface area contributed by atoms with Gasteiger partial charge in [-0.1, -0.05) is 26.2 Å². The lowest BCUT2D eigenvalue weighted by Crippen LogP contribution is -2.46. The van der Waals surface area contributed by atoms with Crippen molar-refractivity contribution in [3.8, 4) is 0 Å². The maximum absolute atomic E-state index is 5.91. The van der Waals surface area contributed by atoms with Gasteiger partial charge < -0.3 is 19.8 Å². The number of guanidine groups is 1. The van der Waals surface area contributed by atoms with E-state index in [1.165, 1.54) is 25.7 Å². The molecule has 25 heavy (non-hydrogen) atoms. The molecule has 6 heteroatoms. The van der Waals surface area contributed by atoms with Crippen LogP contribution in [-0.2, 0) is 4.74 Å². The Kier molecular flexibility index (Phi) is 8.83. The minimum absolute atomic E-state index is 0.191. The lowest BCUT2D eigenvalue weighted by Gasteiger charge is -2.33. The summed E-state index contributed by atoms with van der Waals surface area (Å²) in [7, 11) is 1.82. The van der Waals surface area contributed by atoms with Gasteiger partial charge in [-0.2, -0.15) is 0 Å². The highest BCUT2D eigenvalue weighted by molar-refractivity contribution is 5.79. The highest BCUT2D eigenvalue weighted by Crippen LogP contribution is 2.23. The number of hydrogen-bond acceptors (Lipinski definition) is 4. The number of unbranched alkanes of at least 4 members (excludes halogenated alkanes) is 3. The summed E-state index contributed by atoms with van der Waals surface area (Å²) in [5.41, 5.74) is 0. The van der Waals surface area contributed by atoms with E-state index in [4.69, 9.17) is 9.15 Å². The summed E-state index contributed by atoms with van der Waals surface area (Å²) in [6, 6.07) is 4.30. The number of hydrogen-bond donors (Lipinski definition) is 2. The average Bonchev–Trinajstić information content (AvgIpc) is 3.07. The zero-order chi connectivity index (χ0) is 17.9. The SMILES string of the molecule is CCCCCCNC(=NC)NCC(c1ccc(C)o1)N1CCOCC1. The van der Waals surface area contributed by atoms with Gasteiger partial charge in [-0.3, -0.25) is 9.89 Å². The molecule has 0 aromatic carbocycles. The van der Waals surface area contributed by atoms with Crippen LogP contribution in [0.1, 0.15) is 50.2 Å². The summed E-state index contributed by atoms with van der Waals surface area (Å²) in [6.07, 6.45) is 5.00. The van der Waals surface area contributed by atoms with Crippen LogP contribution < -0.4 is 10.6 Å². The first kappa shape index (κ1) is 19.8. The third-order valence-corrected chi connectivity index (χ3v) is 4.59. The second-order valence-corrected chi connectivity index (χ2v) is 6.55. The van der Waals surface area contributed by atoms with Crippen LogP contribution in [0.3, 0.4) is 0 Å². The fraction of sp³-hybridized carbons (Fsp3) is 0.737. The number of nitrogens with one attached hydrogen (secondary N) is 2. The smallest absolute Gasteiger partial charge is 0.191 e. The molecule has 2 heterocycles. The molecule has 1 aromatic rings. The summed E-state index contributed by atoms with van der Waals surface area (Å²) in [6.45, 7) is 9.36. The molecular formula is C19H34N4O2. The van der Waals surface area contributed by atoms with Crippen LogP contribution in [0.5, 0.6) is 0 Å². The largest absolute Gasteiger partial charge is 0.465 e. The van der Waals surface area contributed by atoms with E-state index in [1.807, 2.05) is 20.0 Å². The Hall–Kier alpha value is -1.53. The van der Waals surface area contributed by atoms with Gasteiger partial charge in [0.25, 0.3) is 0 Å². The van der Waals surface area contributed by atoms with Crippen molar-refractivity contribution in [3.63, 3.8) is 0 Å². The van der Waals surface area contributed by atoms with Crippen LogP contribution in [0.15, 0.2) is 21.5 Å². The first-order valence-electron chi connectivity index (χ1n) is 9.57. The molecule has 2 N–H and O–H groups in total. The van der Waals surface area contributed by atoms with Crippen molar-refractivity contribution in [2.45, 2.75) is 45.6 Å². The van der Waals surface area contributed by atoms with E-state index in [1.54, 1.807) is 0 Å². The van der Waals surface area contributed by atoms with E-state index in [2.05, 4.69) is 33.5 Å². The van der Waals surface area contributed by atoms with Crippen molar-refractivity contribution < 1.29 is 9.15 Å². The maximum atomic E-state index is 5.91. The van der Waals surface area contributed by atoms with Gasteiger partial charge in [-0.25, -0.2) is 0 Å². The number of furan rings is 1. The lowest BCUT2D eigenvalue weighted by molar-refractivity contribution is 0.0124. The molecule has 142 valence electrons. The predicted octanol–water partition coefficient (Wildman–Crippen LogP) is 2.71. The number of ether oxygens (including phenoxy) is 1. The van der Waals surface area contributed by atoms with Crippen LogP contribution in [0.4, 0.5) is 0 Å². The highest BCUT2D eigenvalue weighted by atomic mass is 16.5. The quantitative estimate of drug-likeness (QED) is 0.407. The standard InChI is InChI=1S/C19H34N4O2/c1-4-5-6-7-10-21-19(20-3)22-15-17(18-9-8-16(2)25-18)23-11-13-24-14-12-23/h8-9,17H,4-7,10-15H2,1-3H3,(H2,20,21,22). The van der Waals surface area contributed by atoms with Gasteiger partial charge in [0.05, 0.1) is 19.3 Å². The third-order valence-electron chi connectivity index (χ3n) is 4.59. The van der Waals surface area contributed by atoms with Gasteiger partial charge in [0.15, 0.2) is 5.96 Å². The molecule has 6 nitrogen and oxygen atoms in total. The third kappa shape index (κ3) is 6.71. The zero-order valence-electron chi connectivity index (χ0n) is 16.0. The molecule has 0 bridgehead atoms.